The van der Waals surface area contributed by atoms with Gasteiger partial charge in [0.15, 0.2) is 0 Å². The van der Waals surface area contributed by atoms with Gasteiger partial charge in [-0.05, 0) is 84.7 Å². The number of hydrogen-bond acceptors (Lipinski definition) is 9. The molecule has 4 atom stereocenters. The number of carbonyl (C=O) groups is 6. The van der Waals surface area contributed by atoms with Crippen molar-refractivity contribution in [2.45, 2.75) is 102 Å². The standard InChI is InChI=1S/C46H61N7O8/c1-30(2)26-37(49-43(58)60-5)39(54)52-24-10-22-45(52,41(47)56)34-18-14-32(15-19-34)28-51(36-12-8-7-9-13-36)29-33-16-20-35(21-17-33)46(42(48)57)23-11-25-53(46)40(55)38(27-31(3)4)50-44(59)61-6/h7-9,12-21,30-31,37-38H,10-11,22-29H2,1-6H3,(H2,47,56)(H2,48,57)(H,49,58)(H,50,59)/t37-,38-,45-,46-/m0/s1. The lowest BCUT2D eigenvalue weighted by Gasteiger charge is -2.38. The Balaban J connectivity index is 1.40. The SMILES string of the molecule is COC(=O)N[C@@H](CC(C)C)C(=O)N1CCC[C@@]1(C(N)=O)c1ccc(CN(Cc2ccc([C@]3(C(N)=O)CCCN3C(=O)[C@H](CC(C)C)NC(=O)OC)cc2)c2ccccc2)cc1. The van der Waals surface area contributed by atoms with E-state index in [9.17, 15) is 28.8 Å². The Bertz CT molecular complexity index is 1900. The number of rotatable bonds is 17. The highest BCUT2D eigenvalue weighted by atomic mass is 16.5. The van der Waals surface area contributed by atoms with Crippen LogP contribution in [0.3, 0.4) is 0 Å². The van der Waals surface area contributed by atoms with Gasteiger partial charge in [-0.25, -0.2) is 9.59 Å². The lowest BCUT2D eigenvalue weighted by Crippen LogP contribution is -2.58. The average molecular weight is 840 g/mol. The molecule has 15 heteroatoms. The number of methoxy groups -OCH3 is 2. The van der Waals surface area contributed by atoms with Gasteiger partial charge in [-0.1, -0.05) is 94.4 Å². The van der Waals surface area contributed by atoms with Gasteiger partial charge in [-0.15, -0.1) is 0 Å². The molecule has 2 saturated heterocycles. The van der Waals surface area contributed by atoms with Gasteiger partial charge in [0.1, 0.15) is 23.2 Å². The lowest BCUT2D eigenvalue weighted by atomic mass is 9.85. The van der Waals surface area contributed by atoms with E-state index < -0.39 is 47.2 Å². The molecule has 2 aliphatic heterocycles. The molecule has 3 aromatic carbocycles. The van der Waals surface area contributed by atoms with Crippen LogP contribution in [0.5, 0.6) is 0 Å². The van der Waals surface area contributed by atoms with Crippen LogP contribution in [-0.4, -0.2) is 85.0 Å². The van der Waals surface area contributed by atoms with Gasteiger partial charge >= 0.3 is 12.2 Å². The van der Waals surface area contributed by atoms with Gasteiger partial charge < -0.3 is 46.3 Å². The topological polar surface area (TPSA) is 207 Å². The van der Waals surface area contributed by atoms with Crippen LogP contribution >= 0.6 is 0 Å². The monoisotopic (exact) mass is 839 g/mol. The molecule has 15 nitrogen and oxygen atoms in total. The smallest absolute Gasteiger partial charge is 0.407 e. The summed E-state index contributed by atoms with van der Waals surface area (Å²) in [7, 11) is 2.47. The van der Waals surface area contributed by atoms with Crippen molar-refractivity contribution in [3.63, 3.8) is 0 Å². The normalized spacial score (nSPS) is 19.6. The van der Waals surface area contributed by atoms with E-state index in [1.165, 1.54) is 24.0 Å². The molecule has 6 amide bonds. The fourth-order valence-corrected chi connectivity index (χ4v) is 8.89. The zero-order valence-electron chi connectivity index (χ0n) is 36.1. The number of hydrogen-bond donors (Lipinski definition) is 4. The maximum absolute atomic E-state index is 14.1. The summed E-state index contributed by atoms with van der Waals surface area (Å²) < 4.78 is 9.59. The summed E-state index contributed by atoms with van der Waals surface area (Å²) >= 11 is 0. The molecule has 0 aliphatic carbocycles. The van der Waals surface area contributed by atoms with E-state index in [1.807, 2.05) is 107 Å². The van der Waals surface area contributed by atoms with E-state index in [0.29, 0.717) is 75.8 Å². The highest BCUT2D eigenvalue weighted by Crippen LogP contribution is 2.41. The van der Waals surface area contributed by atoms with Crippen LogP contribution in [-0.2, 0) is 52.8 Å². The molecule has 328 valence electrons. The summed E-state index contributed by atoms with van der Waals surface area (Å²) in [5.41, 5.74) is 13.5. The number of likely N-dealkylation sites (tertiary alicyclic amines) is 2. The van der Waals surface area contributed by atoms with E-state index in [0.717, 1.165) is 16.8 Å². The Morgan fingerprint density at radius 3 is 1.33 bits per heavy atom. The number of primary amides is 2. The minimum atomic E-state index is -1.39. The molecule has 0 aromatic heterocycles. The first kappa shape index (κ1) is 46.0. The second-order valence-corrected chi connectivity index (χ2v) is 16.9. The van der Waals surface area contributed by atoms with Crippen molar-refractivity contribution < 1.29 is 38.2 Å². The summed E-state index contributed by atoms with van der Waals surface area (Å²) in [5.74, 6) is -1.91. The first-order valence-corrected chi connectivity index (χ1v) is 21.0. The van der Waals surface area contributed by atoms with Crippen molar-refractivity contribution in [3.8, 4) is 0 Å². The number of carbonyl (C=O) groups excluding carboxylic acids is 6. The molecule has 0 radical (unpaired) electrons. The molecule has 0 saturated carbocycles. The number of para-hydroxylation sites is 1. The number of nitrogens with two attached hydrogens (primary N) is 2. The molecule has 2 heterocycles. The van der Waals surface area contributed by atoms with Crippen molar-refractivity contribution in [3.05, 3.63) is 101 Å². The van der Waals surface area contributed by atoms with E-state index in [-0.39, 0.29) is 23.7 Å². The minimum Gasteiger partial charge on any atom is -0.453 e. The molecule has 6 N–H and O–H groups in total. The summed E-state index contributed by atoms with van der Waals surface area (Å²) in [4.78, 5) is 84.5. The zero-order chi connectivity index (χ0) is 44.5. The summed E-state index contributed by atoms with van der Waals surface area (Å²) in [6, 6.07) is 23.2. The van der Waals surface area contributed by atoms with Crippen LogP contribution in [0.15, 0.2) is 78.9 Å². The van der Waals surface area contributed by atoms with Crippen molar-refractivity contribution in [2.75, 3.05) is 32.2 Å². The molecule has 0 unspecified atom stereocenters. The van der Waals surface area contributed by atoms with Crippen LogP contribution in [0, 0.1) is 11.8 Å². The van der Waals surface area contributed by atoms with Gasteiger partial charge in [0.05, 0.1) is 14.2 Å². The third kappa shape index (κ3) is 10.1. The largest absolute Gasteiger partial charge is 0.453 e. The van der Waals surface area contributed by atoms with E-state index in [2.05, 4.69) is 15.5 Å². The van der Waals surface area contributed by atoms with E-state index in [1.54, 1.807) is 0 Å². The Labute approximate surface area is 358 Å². The predicted octanol–water partition coefficient (Wildman–Crippen LogP) is 5.04. The molecule has 3 aromatic rings. The number of nitrogens with zero attached hydrogens (tertiary/aromatic N) is 3. The maximum atomic E-state index is 14.1. The van der Waals surface area contributed by atoms with Gasteiger partial charge in [0, 0.05) is 31.9 Å². The third-order valence-corrected chi connectivity index (χ3v) is 11.8. The Hall–Kier alpha value is -6.12. The minimum absolute atomic E-state index is 0.0762. The second kappa shape index (κ2) is 20.0. The number of nitrogens with one attached hydrogen (secondary N) is 2. The van der Waals surface area contributed by atoms with Gasteiger partial charge in [-0.2, -0.15) is 0 Å². The first-order chi connectivity index (χ1) is 29.1. The maximum Gasteiger partial charge on any atom is 0.407 e. The highest BCUT2D eigenvalue weighted by Gasteiger charge is 2.52. The van der Waals surface area contributed by atoms with Crippen molar-refractivity contribution in [2.24, 2.45) is 23.3 Å². The van der Waals surface area contributed by atoms with Crippen molar-refractivity contribution in [1.29, 1.82) is 0 Å². The van der Waals surface area contributed by atoms with E-state index >= 15 is 0 Å². The molecule has 0 bridgehead atoms. The molecule has 2 fully saturated rings. The second-order valence-electron chi connectivity index (χ2n) is 16.9. The summed E-state index contributed by atoms with van der Waals surface area (Å²) in [5, 5.41) is 5.31. The first-order valence-electron chi connectivity index (χ1n) is 21.0. The van der Waals surface area contributed by atoms with Crippen LogP contribution in [0.1, 0.15) is 88.5 Å². The fourth-order valence-electron chi connectivity index (χ4n) is 8.89. The van der Waals surface area contributed by atoms with Crippen LogP contribution in [0.25, 0.3) is 0 Å². The van der Waals surface area contributed by atoms with E-state index in [4.69, 9.17) is 20.9 Å². The quantitative estimate of drug-likeness (QED) is 0.144. The summed E-state index contributed by atoms with van der Waals surface area (Å²) in [6.45, 7) is 9.37. The Kier molecular flexibility index (Phi) is 15.0. The van der Waals surface area contributed by atoms with Crippen molar-refractivity contribution in [1.82, 2.24) is 20.4 Å². The number of ether oxygens (including phenoxy) is 2. The van der Waals surface area contributed by atoms with Crippen LogP contribution < -0.4 is 27.0 Å². The molecule has 61 heavy (non-hydrogen) atoms. The highest BCUT2D eigenvalue weighted by molar-refractivity contribution is 5.96. The third-order valence-electron chi connectivity index (χ3n) is 11.8. The number of amides is 6. The van der Waals surface area contributed by atoms with Gasteiger partial charge in [0.2, 0.25) is 23.6 Å². The molecule has 5 rings (SSSR count). The number of benzene rings is 3. The predicted molar refractivity (Wildman–Crippen MR) is 230 cm³/mol. The molecular formula is C46H61N7O8. The molecule has 2 aliphatic rings. The number of alkyl carbamates (subject to hydrolysis) is 2. The Morgan fingerprint density at radius 2 is 1.00 bits per heavy atom. The zero-order valence-corrected chi connectivity index (χ0v) is 36.1. The summed E-state index contributed by atoms with van der Waals surface area (Å²) in [6.07, 6.45) is 1.07. The van der Waals surface area contributed by atoms with Gasteiger partial charge in [0.25, 0.3) is 0 Å². The lowest BCUT2D eigenvalue weighted by molar-refractivity contribution is -0.146. The molecular weight excluding hydrogens is 779 g/mol. The van der Waals surface area contributed by atoms with Crippen LogP contribution in [0.4, 0.5) is 15.3 Å². The fraction of sp³-hybridized carbons (Fsp3) is 0.478. The van der Waals surface area contributed by atoms with Gasteiger partial charge in [-0.3, -0.25) is 19.2 Å². The average Bonchev–Trinajstić information content (AvgIpc) is 3.90. The Morgan fingerprint density at radius 1 is 0.623 bits per heavy atom. The van der Waals surface area contributed by atoms with Crippen molar-refractivity contribution >= 4 is 41.5 Å². The number of anilines is 1. The molecule has 0 spiro atoms. The van der Waals surface area contributed by atoms with Crippen LogP contribution in [0.2, 0.25) is 0 Å².